The molecule has 120 valence electrons. The molecule has 0 saturated heterocycles. The summed E-state index contributed by atoms with van der Waals surface area (Å²) in [6.07, 6.45) is 1.75. The van der Waals surface area contributed by atoms with Crippen molar-refractivity contribution in [1.29, 1.82) is 0 Å². The normalized spacial score (nSPS) is 11.1. The lowest BCUT2D eigenvalue weighted by Crippen LogP contribution is -1.98. The molecule has 0 aliphatic heterocycles. The molecule has 0 spiro atoms. The number of rotatable bonds is 3. The lowest BCUT2D eigenvalue weighted by atomic mass is 10.0. The summed E-state index contributed by atoms with van der Waals surface area (Å²) < 4.78 is 12.9. The van der Waals surface area contributed by atoms with Gasteiger partial charge in [0, 0.05) is 5.56 Å². The molecular formula is C19H17N3O2. The topological polar surface area (TPSA) is 48.7 Å². The van der Waals surface area contributed by atoms with Crippen molar-refractivity contribution in [3.63, 3.8) is 0 Å². The summed E-state index contributed by atoms with van der Waals surface area (Å²) in [4.78, 5) is 0. The molecule has 2 aromatic heterocycles. The maximum absolute atomic E-state index is 5.59. The van der Waals surface area contributed by atoms with E-state index in [2.05, 4.69) is 47.6 Å². The summed E-state index contributed by atoms with van der Waals surface area (Å²) >= 11 is 0. The molecule has 0 bridgehead atoms. The van der Waals surface area contributed by atoms with Crippen LogP contribution in [0.15, 0.2) is 48.7 Å². The van der Waals surface area contributed by atoms with Gasteiger partial charge < -0.3 is 9.47 Å². The van der Waals surface area contributed by atoms with Crippen LogP contribution in [0.25, 0.3) is 27.5 Å². The van der Waals surface area contributed by atoms with E-state index in [0.717, 1.165) is 27.5 Å². The number of nitrogens with zero attached hydrogens (tertiary/aromatic N) is 3. The van der Waals surface area contributed by atoms with Crippen molar-refractivity contribution in [2.75, 3.05) is 14.2 Å². The van der Waals surface area contributed by atoms with E-state index in [1.165, 1.54) is 5.56 Å². The fourth-order valence-electron chi connectivity index (χ4n) is 3.05. The van der Waals surface area contributed by atoms with E-state index in [9.17, 15) is 0 Å². The molecule has 0 amide bonds. The van der Waals surface area contributed by atoms with Crippen molar-refractivity contribution in [2.24, 2.45) is 0 Å². The molecule has 0 N–H and O–H groups in total. The molecule has 5 heteroatoms. The molecule has 0 saturated carbocycles. The first kappa shape index (κ1) is 14.5. The predicted molar refractivity (Wildman–Crippen MR) is 93.8 cm³/mol. The number of fused-ring (bicyclic) bond motifs is 3. The highest BCUT2D eigenvalue weighted by molar-refractivity contribution is 6.03. The molecule has 5 nitrogen and oxygen atoms in total. The van der Waals surface area contributed by atoms with Gasteiger partial charge in [-0.2, -0.15) is 0 Å². The number of methoxy groups -OCH3 is 2. The zero-order valence-electron chi connectivity index (χ0n) is 13.8. The molecule has 0 aliphatic carbocycles. The van der Waals surface area contributed by atoms with E-state index in [0.29, 0.717) is 11.5 Å². The Morgan fingerprint density at radius 2 is 1.75 bits per heavy atom. The number of hydrogen-bond donors (Lipinski definition) is 0. The van der Waals surface area contributed by atoms with E-state index in [1.807, 2.05) is 16.6 Å². The zero-order chi connectivity index (χ0) is 16.7. The fraction of sp³-hybridized carbons (Fsp3) is 0.158. The van der Waals surface area contributed by atoms with Gasteiger partial charge in [-0.25, -0.2) is 4.52 Å². The zero-order valence-corrected chi connectivity index (χ0v) is 13.8. The van der Waals surface area contributed by atoms with Gasteiger partial charge in [-0.1, -0.05) is 41.1 Å². The Bertz CT molecular complexity index is 1040. The molecule has 0 radical (unpaired) electrons. The van der Waals surface area contributed by atoms with Gasteiger partial charge in [-0.3, -0.25) is 0 Å². The number of benzene rings is 2. The second-order valence-corrected chi connectivity index (χ2v) is 5.69. The Morgan fingerprint density at radius 3 is 2.46 bits per heavy atom. The maximum atomic E-state index is 5.59. The van der Waals surface area contributed by atoms with Gasteiger partial charge in [0.2, 0.25) is 0 Å². The average molecular weight is 319 g/mol. The number of pyridine rings is 1. The van der Waals surface area contributed by atoms with Crippen LogP contribution in [0.5, 0.6) is 11.5 Å². The van der Waals surface area contributed by atoms with Crippen LogP contribution in [0.4, 0.5) is 0 Å². The fourth-order valence-corrected chi connectivity index (χ4v) is 3.05. The van der Waals surface area contributed by atoms with E-state index in [1.54, 1.807) is 20.4 Å². The lowest BCUT2D eigenvalue weighted by molar-refractivity contribution is 0.358. The van der Waals surface area contributed by atoms with Gasteiger partial charge >= 0.3 is 0 Å². The standard InChI is InChI=1S/C19H17N3O2/c1-12-4-6-13(7-5-12)15-10-14-8-9-17(23-2)19(24-3)18(14)16-11-20-21-22(15)16/h4-11H,1-3H3. The molecule has 0 fully saturated rings. The lowest BCUT2D eigenvalue weighted by Gasteiger charge is -2.13. The summed E-state index contributed by atoms with van der Waals surface area (Å²) in [6.45, 7) is 2.08. The largest absolute Gasteiger partial charge is 0.493 e. The Labute approximate surface area is 139 Å². The van der Waals surface area contributed by atoms with Crippen LogP contribution in [0, 0.1) is 6.92 Å². The van der Waals surface area contributed by atoms with Gasteiger partial charge in [0.25, 0.3) is 0 Å². The molecule has 2 aromatic carbocycles. The minimum absolute atomic E-state index is 0.691. The van der Waals surface area contributed by atoms with E-state index in [-0.39, 0.29) is 0 Å². The molecule has 24 heavy (non-hydrogen) atoms. The van der Waals surface area contributed by atoms with Crippen LogP contribution in [0.2, 0.25) is 0 Å². The van der Waals surface area contributed by atoms with Crippen molar-refractivity contribution in [3.05, 3.63) is 54.2 Å². The van der Waals surface area contributed by atoms with Crippen LogP contribution in [0.3, 0.4) is 0 Å². The average Bonchev–Trinajstić information content (AvgIpc) is 3.10. The first-order chi connectivity index (χ1) is 11.7. The maximum Gasteiger partial charge on any atom is 0.170 e. The van der Waals surface area contributed by atoms with E-state index in [4.69, 9.17) is 9.47 Å². The molecule has 4 rings (SSSR count). The predicted octanol–water partition coefficient (Wildman–Crippen LogP) is 3.88. The van der Waals surface area contributed by atoms with Gasteiger partial charge in [-0.05, 0) is 24.4 Å². The second-order valence-electron chi connectivity index (χ2n) is 5.69. The SMILES string of the molecule is COc1ccc2cc(-c3ccc(C)cc3)n3nncc3c2c1OC. The Morgan fingerprint density at radius 1 is 0.958 bits per heavy atom. The number of hydrogen-bond acceptors (Lipinski definition) is 4. The van der Waals surface area contributed by atoms with Gasteiger partial charge in [-0.15, -0.1) is 5.10 Å². The van der Waals surface area contributed by atoms with Gasteiger partial charge in [0.15, 0.2) is 11.5 Å². The third-order valence-corrected chi connectivity index (χ3v) is 4.25. The van der Waals surface area contributed by atoms with E-state index >= 15 is 0 Å². The summed E-state index contributed by atoms with van der Waals surface area (Å²) in [5, 5.41) is 10.4. The van der Waals surface area contributed by atoms with Crippen LogP contribution in [-0.4, -0.2) is 29.0 Å². The number of aromatic nitrogens is 3. The summed E-state index contributed by atoms with van der Waals surface area (Å²) in [6, 6.07) is 14.4. The first-order valence-electron chi connectivity index (χ1n) is 7.68. The van der Waals surface area contributed by atoms with Crippen molar-refractivity contribution in [2.45, 2.75) is 6.92 Å². The molecule has 4 aromatic rings. The van der Waals surface area contributed by atoms with Gasteiger partial charge in [0.1, 0.15) is 0 Å². The second kappa shape index (κ2) is 5.53. The Balaban J connectivity index is 2.10. The summed E-state index contributed by atoms with van der Waals surface area (Å²) in [5.74, 6) is 1.38. The van der Waals surface area contributed by atoms with Crippen LogP contribution in [0.1, 0.15) is 5.56 Å². The van der Waals surface area contributed by atoms with Crippen LogP contribution < -0.4 is 9.47 Å². The molecule has 0 aliphatic rings. The number of aryl methyl sites for hydroxylation is 1. The van der Waals surface area contributed by atoms with Crippen molar-refractivity contribution in [1.82, 2.24) is 14.8 Å². The molecule has 0 atom stereocenters. The summed E-state index contributed by atoms with van der Waals surface area (Å²) in [5.41, 5.74) is 4.19. The van der Waals surface area contributed by atoms with Crippen molar-refractivity contribution >= 4 is 16.3 Å². The highest BCUT2D eigenvalue weighted by Crippen LogP contribution is 2.39. The van der Waals surface area contributed by atoms with Crippen molar-refractivity contribution in [3.8, 4) is 22.8 Å². The quantitative estimate of drug-likeness (QED) is 0.575. The first-order valence-corrected chi connectivity index (χ1v) is 7.68. The highest BCUT2D eigenvalue weighted by Gasteiger charge is 2.16. The minimum Gasteiger partial charge on any atom is -0.493 e. The third kappa shape index (κ3) is 2.09. The van der Waals surface area contributed by atoms with E-state index < -0.39 is 0 Å². The van der Waals surface area contributed by atoms with Gasteiger partial charge in [0.05, 0.1) is 37.0 Å². The smallest absolute Gasteiger partial charge is 0.170 e. The third-order valence-electron chi connectivity index (χ3n) is 4.25. The molecule has 0 unspecified atom stereocenters. The molecular weight excluding hydrogens is 302 g/mol. The Kier molecular flexibility index (Phi) is 3.34. The van der Waals surface area contributed by atoms with Crippen molar-refractivity contribution < 1.29 is 9.47 Å². The van der Waals surface area contributed by atoms with Crippen LogP contribution in [-0.2, 0) is 0 Å². The summed E-state index contributed by atoms with van der Waals surface area (Å²) in [7, 11) is 3.28. The molecule has 2 heterocycles. The monoisotopic (exact) mass is 319 g/mol. The number of ether oxygens (including phenoxy) is 2. The highest BCUT2D eigenvalue weighted by atomic mass is 16.5. The minimum atomic E-state index is 0.691. The van der Waals surface area contributed by atoms with Crippen LogP contribution >= 0.6 is 0 Å². The Hall–Kier alpha value is -3.08.